The van der Waals surface area contributed by atoms with Crippen molar-refractivity contribution in [2.75, 3.05) is 16.8 Å². The minimum Gasteiger partial charge on any atom is -0.374 e. The molecule has 0 saturated carbocycles. The predicted molar refractivity (Wildman–Crippen MR) is 104 cm³/mol. The fraction of sp³-hybridized carbons (Fsp3) is 0.333. The Morgan fingerprint density at radius 1 is 1.15 bits per heavy atom. The molecule has 0 bridgehead atoms. The SMILES string of the molecule is CCC(Nc1ccc(CC(=O)N2CCCc3ccccc32)cc1)C(N)=O. The zero-order valence-electron chi connectivity index (χ0n) is 15.1. The van der Waals surface area contributed by atoms with Crippen LogP contribution in [0, 0.1) is 0 Å². The van der Waals surface area contributed by atoms with Crippen LogP contribution in [-0.2, 0) is 22.4 Å². The molecule has 2 aromatic carbocycles. The van der Waals surface area contributed by atoms with E-state index in [9.17, 15) is 9.59 Å². The van der Waals surface area contributed by atoms with E-state index in [0.29, 0.717) is 12.8 Å². The Labute approximate surface area is 154 Å². The number of rotatable bonds is 6. The summed E-state index contributed by atoms with van der Waals surface area (Å²) in [5.74, 6) is -0.253. The van der Waals surface area contributed by atoms with Gasteiger partial charge in [0.1, 0.15) is 6.04 Å². The third-order valence-electron chi connectivity index (χ3n) is 4.81. The van der Waals surface area contributed by atoms with Crippen LogP contribution in [0.2, 0.25) is 0 Å². The van der Waals surface area contributed by atoms with Crippen molar-refractivity contribution >= 4 is 23.2 Å². The molecule has 0 aromatic heterocycles. The lowest BCUT2D eigenvalue weighted by Gasteiger charge is -2.29. The number of primary amides is 1. The fourth-order valence-electron chi connectivity index (χ4n) is 3.36. The summed E-state index contributed by atoms with van der Waals surface area (Å²) in [5.41, 5.74) is 9.42. The molecule has 0 fully saturated rings. The van der Waals surface area contributed by atoms with Crippen LogP contribution in [0.1, 0.15) is 30.9 Å². The second-order valence-corrected chi connectivity index (χ2v) is 6.66. The summed E-state index contributed by atoms with van der Waals surface area (Å²) in [6.45, 7) is 2.68. The number of amides is 2. The molecule has 26 heavy (non-hydrogen) atoms. The minimum atomic E-state index is -0.382. The minimum absolute atomic E-state index is 0.112. The number of benzene rings is 2. The number of hydrogen-bond acceptors (Lipinski definition) is 3. The number of nitrogens with zero attached hydrogens (tertiary/aromatic N) is 1. The third kappa shape index (κ3) is 4.04. The van der Waals surface area contributed by atoms with Gasteiger partial charge < -0.3 is 16.0 Å². The standard InChI is InChI=1S/C21H25N3O2/c1-2-18(21(22)26)23-17-11-9-15(10-12-17)14-20(25)24-13-5-7-16-6-3-4-8-19(16)24/h3-4,6,8-12,18,23H,2,5,7,13-14H2,1H3,(H2,22,26). The maximum absolute atomic E-state index is 12.8. The highest BCUT2D eigenvalue weighted by molar-refractivity contribution is 5.96. The number of para-hydroxylation sites is 1. The Hall–Kier alpha value is -2.82. The highest BCUT2D eigenvalue weighted by Crippen LogP contribution is 2.27. The van der Waals surface area contributed by atoms with Crippen molar-refractivity contribution in [3.8, 4) is 0 Å². The largest absolute Gasteiger partial charge is 0.374 e. The average Bonchev–Trinajstić information content (AvgIpc) is 2.66. The molecule has 3 N–H and O–H groups in total. The van der Waals surface area contributed by atoms with Gasteiger partial charge in [-0.3, -0.25) is 9.59 Å². The van der Waals surface area contributed by atoms with Gasteiger partial charge in [-0.15, -0.1) is 0 Å². The molecule has 1 unspecified atom stereocenters. The summed E-state index contributed by atoms with van der Waals surface area (Å²) in [4.78, 5) is 26.0. The molecule has 5 nitrogen and oxygen atoms in total. The van der Waals surface area contributed by atoms with E-state index in [1.54, 1.807) is 0 Å². The Bertz CT molecular complexity index is 786. The highest BCUT2D eigenvalue weighted by atomic mass is 16.2. The number of carbonyl (C=O) groups is 2. The number of anilines is 2. The Morgan fingerprint density at radius 3 is 2.58 bits per heavy atom. The van der Waals surface area contributed by atoms with Crippen molar-refractivity contribution in [1.29, 1.82) is 0 Å². The van der Waals surface area contributed by atoms with Gasteiger partial charge in [0.25, 0.3) is 0 Å². The van der Waals surface area contributed by atoms with Gasteiger partial charge in [0.15, 0.2) is 0 Å². The molecule has 1 aliphatic heterocycles. The first kappa shape index (κ1) is 18.0. The summed E-state index contributed by atoms with van der Waals surface area (Å²) in [6, 6.07) is 15.4. The maximum Gasteiger partial charge on any atom is 0.239 e. The topological polar surface area (TPSA) is 75.4 Å². The quantitative estimate of drug-likeness (QED) is 0.840. The highest BCUT2D eigenvalue weighted by Gasteiger charge is 2.22. The van der Waals surface area contributed by atoms with Crippen molar-refractivity contribution in [2.24, 2.45) is 5.73 Å². The van der Waals surface area contributed by atoms with E-state index in [2.05, 4.69) is 11.4 Å². The first-order valence-electron chi connectivity index (χ1n) is 9.11. The van der Waals surface area contributed by atoms with Crippen molar-refractivity contribution in [1.82, 2.24) is 0 Å². The van der Waals surface area contributed by atoms with Gasteiger partial charge in [-0.05, 0) is 48.6 Å². The van der Waals surface area contributed by atoms with Crippen molar-refractivity contribution in [2.45, 2.75) is 38.6 Å². The molecule has 136 valence electrons. The van der Waals surface area contributed by atoms with E-state index < -0.39 is 0 Å². The molecule has 0 aliphatic carbocycles. The van der Waals surface area contributed by atoms with E-state index in [1.807, 2.05) is 54.3 Å². The monoisotopic (exact) mass is 351 g/mol. The first-order chi connectivity index (χ1) is 12.6. The van der Waals surface area contributed by atoms with Crippen LogP contribution in [0.15, 0.2) is 48.5 Å². The molecule has 3 rings (SSSR count). The van der Waals surface area contributed by atoms with Gasteiger partial charge >= 0.3 is 0 Å². The third-order valence-corrected chi connectivity index (χ3v) is 4.81. The number of hydrogen-bond donors (Lipinski definition) is 2. The predicted octanol–water partition coefficient (Wildman–Crippen LogP) is 2.88. The molecule has 5 heteroatoms. The molecule has 0 saturated heterocycles. The van der Waals surface area contributed by atoms with Crippen LogP contribution in [0.5, 0.6) is 0 Å². The number of fused-ring (bicyclic) bond motifs is 1. The molecule has 1 aliphatic rings. The summed E-state index contributed by atoms with van der Waals surface area (Å²) >= 11 is 0. The zero-order chi connectivity index (χ0) is 18.5. The van der Waals surface area contributed by atoms with Crippen LogP contribution >= 0.6 is 0 Å². The van der Waals surface area contributed by atoms with Crippen LogP contribution in [-0.4, -0.2) is 24.4 Å². The van der Waals surface area contributed by atoms with Gasteiger partial charge in [-0.1, -0.05) is 37.3 Å². The lowest BCUT2D eigenvalue weighted by Crippen LogP contribution is -2.36. The second-order valence-electron chi connectivity index (χ2n) is 6.66. The Kier molecular flexibility index (Phi) is 5.56. The summed E-state index contributed by atoms with van der Waals surface area (Å²) < 4.78 is 0. The number of aryl methyl sites for hydroxylation is 1. The molecular formula is C21H25N3O2. The van der Waals surface area contributed by atoms with E-state index in [0.717, 1.165) is 36.3 Å². The Balaban J connectivity index is 1.66. The summed E-state index contributed by atoms with van der Waals surface area (Å²) in [7, 11) is 0. The van der Waals surface area contributed by atoms with Crippen molar-refractivity contribution in [3.63, 3.8) is 0 Å². The van der Waals surface area contributed by atoms with Crippen LogP contribution in [0.3, 0.4) is 0 Å². The molecule has 1 atom stereocenters. The van der Waals surface area contributed by atoms with Gasteiger partial charge in [0, 0.05) is 17.9 Å². The number of nitrogens with two attached hydrogens (primary N) is 1. The van der Waals surface area contributed by atoms with E-state index in [-0.39, 0.29) is 17.9 Å². The van der Waals surface area contributed by atoms with E-state index in [1.165, 1.54) is 5.56 Å². The van der Waals surface area contributed by atoms with Gasteiger partial charge in [0.05, 0.1) is 6.42 Å². The summed E-state index contributed by atoms with van der Waals surface area (Å²) in [6.07, 6.45) is 3.02. The summed E-state index contributed by atoms with van der Waals surface area (Å²) in [5, 5.41) is 3.12. The van der Waals surface area contributed by atoms with Crippen LogP contribution < -0.4 is 16.0 Å². The van der Waals surface area contributed by atoms with Gasteiger partial charge in [0.2, 0.25) is 11.8 Å². The van der Waals surface area contributed by atoms with Crippen LogP contribution in [0.25, 0.3) is 0 Å². The van der Waals surface area contributed by atoms with Gasteiger partial charge in [-0.25, -0.2) is 0 Å². The molecule has 0 spiro atoms. The molecule has 2 amide bonds. The number of nitrogens with one attached hydrogen (secondary N) is 1. The fourth-order valence-corrected chi connectivity index (χ4v) is 3.36. The van der Waals surface area contributed by atoms with E-state index >= 15 is 0 Å². The zero-order valence-corrected chi connectivity index (χ0v) is 15.1. The lowest BCUT2D eigenvalue weighted by atomic mass is 10.0. The van der Waals surface area contributed by atoms with Crippen LogP contribution in [0.4, 0.5) is 11.4 Å². The molecule has 1 heterocycles. The molecule has 2 aromatic rings. The van der Waals surface area contributed by atoms with Gasteiger partial charge in [-0.2, -0.15) is 0 Å². The Morgan fingerprint density at radius 2 is 1.88 bits per heavy atom. The first-order valence-corrected chi connectivity index (χ1v) is 9.11. The average molecular weight is 351 g/mol. The van der Waals surface area contributed by atoms with Crippen molar-refractivity contribution in [3.05, 3.63) is 59.7 Å². The number of carbonyl (C=O) groups excluding carboxylic acids is 2. The van der Waals surface area contributed by atoms with Crippen molar-refractivity contribution < 1.29 is 9.59 Å². The molecular weight excluding hydrogens is 326 g/mol. The smallest absolute Gasteiger partial charge is 0.239 e. The normalized spacial score (nSPS) is 14.4. The maximum atomic E-state index is 12.8. The second kappa shape index (κ2) is 8.04. The van der Waals surface area contributed by atoms with E-state index in [4.69, 9.17) is 5.73 Å². The lowest BCUT2D eigenvalue weighted by molar-refractivity contribution is -0.119. The molecule has 0 radical (unpaired) electrons.